The summed E-state index contributed by atoms with van der Waals surface area (Å²) in [4.78, 5) is 0. The first-order chi connectivity index (χ1) is 8.65. The lowest BCUT2D eigenvalue weighted by molar-refractivity contribution is 0.111. The zero-order chi connectivity index (χ0) is 13.0. The summed E-state index contributed by atoms with van der Waals surface area (Å²) in [5.74, 6) is 0.832. The van der Waals surface area contributed by atoms with Crippen LogP contribution in [-0.4, -0.2) is 12.6 Å². The van der Waals surface area contributed by atoms with Crippen molar-refractivity contribution in [2.24, 2.45) is 5.92 Å². The van der Waals surface area contributed by atoms with Crippen LogP contribution < -0.4 is 5.32 Å². The van der Waals surface area contributed by atoms with Crippen molar-refractivity contribution < 1.29 is 4.74 Å². The summed E-state index contributed by atoms with van der Waals surface area (Å²) in [7, 11) is 0. The molecule has 100 valence electrons. The smallest absolute Gasteiger partial charge is 0.0727 e. The highest BCUT2D eigenvalue weighted by Gasteiger charge is 2.21. The van der Waals surface area contributed by atoms with E-state index in [2.05, 4.69) is 53.3 Å². The van der Waals surface area contributed by atoms with E-state index in [4.69, 9.17) is 4.74 Å². The minimum absolute atomic E-state index is 0.519. The lowest BCUT2D eigenvalue weighted by Crippen LogP contribution is -2.21. The minimum Gasteiger partial charge on any atom is -0.376 e. The van der Waals surface area contributed by atoms with Gasteiger partial charge >= 0.3 is 0 Å². The Bertz CT molecular complexity index is 388. The first-order valence-electron chi connectivity index (χ1n) is 6.73. The van der Waals surface area contributed by atoms with Crippen LogP contribution in [0.15, 0.2) is 22.7 Å². The number of ether oxygens (including phenoxy) is 1. The number of nitrogens with one attached hydrogen (secondary N) is 1. The molecule has 0 aromatic heterocycles. The molecule has 0 saturated heterocycles. The molecule has 1 N–H and O–H groups in total. The summed E-state index contributed by atoms with van der Waals surface area (Å²) >= 11 is 3.63. The van der Waals surface area contributed by atoms with Crippen molar-refractivity contribution in [3.8, 4) is 0 Å². The number of hydrogen-bond acceptors (Lipinski definition) is 2. The van der Waals surface area contributed by atoms with Gasteiger partial charge in [0.15, 0.2) is 0 Å². The Hall–Kier alpha value is -0.380. The van der Waals surface area contributed by atoms with Crippen molar-refractivity contribution >= 4 is 15.9 Å². The SMILES string of the molecule is CC(C)NCc1ccc(COCC2CC2)c(Br)c1. The average molecular weight is 312 g/mol. The van der Waals surface area contributed by atoms with Gasteiger partial charge in [0.1, 0.15) is 0 Å². The zero-order valence-corrected chi connectivity index (χ0v) is 12.8. The highest BCUT2D eigenvalue weighted by atomic mass is 79.9. The zero-order valence-electron chi connectivity index (χ0n) is 11.2. The van der Waals surface area contributed by atoms with Crippen LogP contribution in [0.25, 0.3) is 0 Å². The van der Waals surface area contributed by atoms with E-state index in [0.29, 0.717) is 6.04 Å². The quantitative estimate of drug-likeness (QED) is 0.825. The summed E-state index contributed by atoms with van der Waals surface area (Å²) in [6.07, 6.45) is 2.70. The van der Waals surface area contributed by atoms with E-state index in [1.54, 1.807) is 0 Å². The van der Waals surface area contributed by atoms with Crippen LogP contribution in [0.4, 0.5) is 0 Å². The molecule has 1 fully saturated rings. The summed E-state index contributed by atoms with van der Waals surface area (Å²) in [6, 6.07) is 7.04. The normalized spacial score (nSPS) is 15.3. The van der Waals surface area contributed by atoms with Crippen molar-refractivity contribution in [1.29, 1.82) is 0 Å². The standard InChI is InChI=1S/C15H22BrNO/c1-11(2)17-8-13-5-6-14(15(16)7-13)10-18-9-12-3-4-12/h5-7,11-12,17H,3-4,8-10H2,1-2H3. The molecule has 1 saturated carbocycles. The molecule has 0 aliphatic heterocycles. The maximum absolute atomic E-state index is 5.72. The maximum Gasteiger partial charge on any atom is 0.0727 e. The Morgan fingerprint density at radius 3 is 2.78 bits per heavy atom. The van der Waals surface area contributed by atoms with Gasteiger partial charge in [-0.05, 0) is 36.0 Å². The Morgan fingerprint density at radius 2 is 2.17 bits per heavy atom. The van der Waals surface area contributed by atoms with Crippen molar-refractivity contribution in [3.63, 3.8) is 0 Å². The van der Waals surface area contributed by atoms with Crippen molar-refractivity contribution in [1.82, 2.24) is 5.32 Å². The molecule has 1 aromatic carbocycles. The van der Waals surface area contributed by atoms with Gasteiger partial charge in [-0.3, -0.25) is 0 Å². The Balaban J connectivity index is 1.83. The molecule has 0 amide bonds. The molecule has 0 unspecified atom stereocenters. The van der Waals surface area contributed by atoms with E-state index in [0.717, 1.165) is 30.1 Å². The fourth-order valence-electron chi connectivity index (χ4n) is 1.76. The molecular formula is C15H22BrNO. The molecule has 2 nitrogen and oxygen atoms in total. The second-order valence-electron chi connectivity index (χ2n) is 5.42. The maximum atomic E-state index is 5.72. The second kappa shape index (κ2) is 6.69. The van der Waals surface area contributed by atoms with E-state index in [1.165, 1.54) is 24.0 Å². The first-order valence-corrected chi connectivity index (χ1v) is 7.53. The van der Waals surface area contributed by atoms with E-state index in [9.17, 15) is 0 Å². The van der Waals surface area contributed by atoms with Gasteiger partial charge in [-0.2, -0.15) is 0 Å². The number of rotatable bonds is 7. The monoisotopic (exact) mass is 311 g/mol. The Kier molecular flexibility index (Phi) is 5.22. The highest BCUT2D eigenvalue weighted by Crippen LogP contribution is 2.29. The van der Waals surface area contributed by atoms with Crippen molar-refractivity contribution in [2.75, 3.05) is 6.61 Å². The lowest BCUT2D eigenvalue weighted by Gasteiger charge is -2.11. The molecule has 3 heteroatoms. The van der Waals surface area contributed by atoms with E-state index in [1.807, 2.05) is 0 Å². The lowest BCUT2D eigenvalue weighted by atomic mass is 10.1. The summed E-state index contributed by atoms with van der Waals surface area (Å²) in [6.45, 7) is 6.88. The van der Waals surface area contributed by atoms with Gasteiger partial charge in [-0.1, -0.05) is 41.9 Å². The van der Waals surface area contributed by atoms with Crippen LogP contribution in [-0.2, 0) is 17.9 Å². The number of hydrogen-bond donors (Lipinski definition) is 1. The van der Waals surface area contributed by atoms with Gasteiger partial charge in [0.2, 0.25) is 0 Å². The molecule has 1 aliphatic rings. The number of benzene rings is 1. The van der Waals surface area contributed by atoms with Gasteiger partial charge in [0.25, 0.3) is 0 Å². The molecule has 0 atom stereocenters. The largest absolute Gasteiger partial charge is 0.376 e. The molecule has 18 heavy (non-hydrogen) atoms. The average Bonchev–Trinajstić information content (AvgIpc) is 3.13. The molecule has 1 aliphatic carbocycles. The van der Waals surface area contributed by atoms with E-state index in [-0.39, 0.29) is 0 Å². The Labute approximate surface area is 118 Å². The molecule has 0 radical (unpaired) electrons. The summed E-state index contributed by atoms with van der Waals surface area (Å²) in [5.41, 5.74) is 2.55. The van der Waals surface area contributed by atoms with Crippen LogP contribution >= 0.6 is 15.9 Å². The third-order valence-electron chi connectivity index (χ3n) is 3.14. The van der Waals surface area contributed by atoms with Crippen LogP contribution in [0.5, 0.6) is 0 Å². The Morgan fingerprint density at radius 1 is 1.39 bits per heavy atom. The molecular weight excluding hydrogens is 290 g/mol. The third kappa shape index (κ3) is 4.71. The molecule has 2 rings (SSSR count). The van der Waals surface area contributed by atoms with E-state index < -0.39 is 0 Å². The second-order valence-corrected chi connectivity index (χ2v) is 6.27. The summed E-state index contributed by atoms with van der Waals surface area (Å²) < 4.78 is 6.87. The van der Waals surface area contributed by atoms with Crippen molar-refractivity contribution in [2.45, 2.75) is 45.9 Å². The predicted molar refractivity (Wildman–Crippen MR) is 78.5 cm³/mol. The molecule has 0 spiro atoms. The highest BCUT2D eigenvalue weighted by molar-refractivity contribution is 9.10. The van der Waals surface area contributed by atoms with Crippen LogP contribution in [0, 0.1) is 5.92 Å². The fourth-order valence-corrected chi connectivity index (χ4v) is 2.30. The predicted octanol–water partition coefficient (Wildman–Crippen LogP) is 3.87. The summed E-state index contributed by atoms with van der Waals surface area (Å²) in [5, 5.41) is 3.42. The van der Waals surface area contributed by atoms with Crippen molar-refractivity contribution in [3.05, 3.63) is 33.8 Å². The molecule has 0 bridgehead atoms. The minimum atomic E-state index is 0.519. The third-order valence-corrected chi connectivity index (χ3v) is 3.88. The fraction of sp³-hybridized carbons (Fsp3) is 0.600. The van der Waals surface area contributed by atoms with Crippen LogP contribution in [0.1, 0.15) is 37.8 Å². The van der Waals surface area contributed by atoms with Gasteiger partial charge in [0, 0.05) is 23.7 Å². The topological polar surface area (TPSA) is 21.3 Å². The van der Waals surface area contributed by atoms with Gasteiger partial charge in [-0.25, -0.2) is 0 Å². The van der Waals surface area contributed by atoms with Gasteiger partial charge in [-0.15, -0.1) is 0 Å². The molecule has 1 aromatic rings. The van der Waals surface area contributed by atoms with Crippen LogP contribution in [0.2, 0.25) is 0 Å². The molecule has 0 heterocycles. The van der Waals surface area contributed by atoms with Gasteiger partial charge < -0.3 is 10.1 Å². The van der Waals surface area contributed by atoms with Gasteiger partial charge in [0.05, 0.1) is 6.61 Å². The van der Waals surface area contributed by atoms with E-state index >= 15 is 0 Å². The first kappa shape index (κ1) is 14.0. The number of halogens is 1. The van der Waals surface area contributed by atoms with Crippen LogP contribution in [0.3, 0.4) is 0 Å².